The average Bonchev–Trinajstić information content (AvgIpc) is 2.84. The van der Waals surface area contributed by atoms with Gasteiger partial charge in [-0.3, -0.25) is 4.98 Å². The number of benzene rings is 1. The molecule has 0 saturated heterocycles. The third-order valence-corrected chi connectivity index (χ3v) is 4.84. The van der Waals surface area contributed by atoms with Crippen LogP contribution in [0.1, 0.15) is 11.1 Å². The third-order valence-electron chi connectivity index (χ3n) is 3.37. The molecule has 1 aliphatic rings. The van der Waals surface area contributed by atoms with Crippen LogP contribution < -0.4 is 5.73 Å². The maximum Gasteiger partial charge on any atom is 0.0290 e. The van der Waals surface area contributed by atoms with Crippen LogP contribution in [0, 0.1) is 0 Å². The summed E-state index contributed by atoms with van der Waals surface area (Å²) in [6.07, 6.45) is 5.68. The molecule has 18 heavy (non-hydrogen) atoms. The molecule has 2 unspecified atom stereocenters. The van der Waals surface area contributed by atoms with E-state index in [1.54, 1.807) is 0 Å². The molecule has 2 aromatic rings. The summed E-state index contributed by atoms with van der Waals surface area (Å²) in [4.78, 5) is 5.43. The van der Waals surface area contributed by atoms with Gasteiger partial charge in [-0.1, -0.05) is 18.2 Å². The van der Waals surface area contributed by atoms with Crippen LogP contribution in [0.3, 0.4) is 0 Å². The number of pyridine rings is 1. The lowest BCUT2D eigenvalue weighted by molar-refractivity contribution is 0.632. The first-order valence-corrected chi connectivity index (χ1v) is 7.10. The molecule has 0 bridgehead atoms. The molecule has 2 nitrogen and oxygen atoms in total. The number of nitrogens with zero attached hydrogens (tertiary/aromatic N) is 1. The minimum atomic E-state index is 0.199. The highest BCUT2D eigenvalue weighted by atomic mass is 32.2. The predicted octanol–water partition coefficient (Wildman–Crippen LogP) is 2.67. The van der Waals surface area contributed by atoms with Crippen LogP contribution in [0.5, 0.6) is 0 Å². The molecule has 3 rings (SSSR count). The summed E-state index contributed by atoms with van der Waals surface area (Å²) >= 11 is 1.92. The van der Waals surface area contributed by atoms with E-state index in [0.717, 1.165) is 12.8 Å². The fourth-order valence-electron chi connectivity index (χ4n) is 2.37. The van der Waals surface area contributed by atoms with E-state index in [0.29, 0.717) is 5.25 Å². The first-order valence-electron chi connectivity index (χ1n) is 6.22. The Morgan fingerprint density at radius 1 is 1.22 bits per heavy atom. The van der Waals surface area contributed by atoms with Crippen LogP contribution in [0.15, 0.2) is 53.7 Å². The van der Waals surface area contributed by atoms with Crippen LogP contribution >= 0.6 is 11.8 Å². The topological polar surface area (TPSA) is 38.9 Å². The van der Waals surface area contributed by atoms with E-state index in [2.05, 4.69) is 29.2 Å². The van der Waals surface area contributed by atoms with Gasteiger partial charge in [0.2, 0.25) is 0 Å². The molecule has 3 heteroatoms. The van der Waals surface area contributed by atoms with Gasteiger partial charge in [0.15, 0.2) is 0 Å². The van der Waals surface area contributed by atoms with Crippen molar-refractivity contribution in [3.05, 3.63) is 59.9 Å². The molecule has 2 atom stereocenters. The SMILES string of the molecule is NC(Cc1ccncc1)C1Cc2ccccc2S1. The largest absolute Gasteiger partial charge is 0.326 e. The Morgan fingerprint density at radius 2 is 2.00 bits per heavy atom. The second kappa shape index (κ2) is 5.12. The normalized spacial score (nSPS) is 19.5. The molecule has 0 spiro atoms. The monoisotopic (exact) mass is 256 g/mol. The zero-order valence-electron chi connectivity index (χ0n) is 10.1. The van der Waals surface area contributed by atoms with Crippen LogP contribution in [-0.4, -0.2) is 16.3 Å². The lowest BCUT2D eigenvalue weighted by Gasteiger charge is -2.18. The number of thioether (sulfide) groups is 1. The number of rotatable bonds is 3. The van der Waals surface area contributed by atoms with Crippen molar-refractivity contribution in [3.63, 3.8) is 0 Å². The molecule has 0 radical (unpaired) electrons. The second-order valence-electron chi connectivity index (χ2n) is 4.69. The van der Waals surface area contributed by atoms with Gasteiger partial charge in [-0.2, -0.15) is 0 Å². The van der Waals surface area contributed by atoms with Crippen molar-refractivity contribution >= 4 is 11.8 Å². The van der Waals surface area contributed by atoms with Crippen molar-refractivity contribution in [2.45, 2.75) is 29.0 Å². The highest BCUT2D eigenvalue weighted by molar-refractivity contribution is 8.00. The maximum absolute atomic E-state index is 6.35. The number of aromatic nitrogens is 1. The molecule has 0 saturated carbocycles. The zero-order chi connectivity index (χ0) is 12.4. The molecule has 0 aliphatic carbocycles. The Labute approximate surface area is 112 Å². The van der Waals surface area contributed by atoms with Crippen molar-refractivity contribution in [2.24, 2.45) is 5.73 Å². The summed E-state index contributed by atoms with van der Waals surface area (Å²) in [6.45, 7) is 0. The highest BCUT2D eigenvalue weighted by Crippen LogP contribution is 2.38. The molecule has 2 N–H and O–H groups in total. The Balaban J connectivity index is 1.67. The molecular weight excluding hydrogens is 240 g/mol. The van der Waals surface area contributed by atoms with Gasteiger partial charge in [-0.25, -0.2) is 0 Å². The van der Waals surface area contributed by atoms with Crippen LogP contribution in [0.4, 0.5) is 0 Å². The van der Waals surface area contributed by atoms with Gasteiger partial charge in [0, 0.05) is 28.6 Å². The molecule has 1 aromatic heterocycles. The molecule has 0 fully saturated rings. The minimum absolute atomic E-state index is 0.199. The summed E-state index contributed by atoms with van der Waals surface area (Å²) in [5.41, 5.74) is 9.06. The fourth-order valence-corrected chi connectivity index (χ4v) is 3.69. The quantitative estimate of drug-likeness (QED) is 0.917. The van der Waals surface area contributed by atoms with Gasteiger partial charge < -0.3 is 5.73 Å². The standard InChI is InChI=1S/C15H16N2S/c16-13(9-11-5-7-17-8-6-11)15-10-12-3-1-2-4-14(12)18-15/h1-8,13,15H,9-10,16H2. The van der Waals surface area contributed by atoms with Gasteiger partial charge in [0.1, 0.15) is 0 Å². The Kier molecular flexibility index (Phi) is 3.35. The van der Waals surface area contributed by atoms with E-state index < -0.39 is 0 Å². The van der Waals surface area contributed by atoms with E-state index >= 15 is 0 Å². The van der Waals surface area contributed by atoms with Gasteiger partial charge in [0.25, 0.3) is 0 Å². The summed E-state index contributed by atoms with van der Waals surface area (Å²) < 4.78 is 0. The predicted molar refractivity (Wildman–Crippen MR) is 75.7 cm³/mol. The maximum atomic E-state index is 6.35. The fraction of sp³-hybridized carbons (Fsp3) is 0.267. The second-order valence-corrected chi connectivity index (χ2v) is 5.97. The minimum Gasteiger partial charge on any atom is -0.326 e. The number of fused-ring (bicyclic) bond motifs is 1. The Hall–Kier alpha value is -1.32. The summed E-state index contributed by atoms with van der Waals surface area (Å²) in [6, 6.07) is 12.9. The van der Waals surface area contributed by atoms with E-state index in [9.17, 15) is 0 Å². The van der Waals surface area contributed by atoms with Crippen LogP contribution in [-0.2, 0) is 12.8 Å². The molecule has 2 heterocycles. The summed E-state index contributed by atoms with van der Waals surface area (Å²) in [5, 5.41) is 0.496. The number of hydrogen-bond donors (Lipinski definition) is 1. The summed E-state index contributed by atoms with van der Waals surface area (Å²) in [7, 11) is 0. The summed E-state index contributed by atoms with van der Waals surface area (Å²) in [5.74, 6) is 0. The van der Waals surface area contributed by atoms with Crippen molar-refractivity contribution in [2.75, 3.05) is 0 Å². The van der Waals surface area contributed by atoms with E-state index in [1.165, 1.54) is 16.0 Å². The highest BCUT2D eigenvalue weighted by Gasteiger charge is 2.26. The van der Waals surface area contributed by atoms with E-state index in [4.69, 9.17) is 5.73 Å². The van der Waals surface area contributed by atoms with Crippen molar-refractivity contribution in [3.8, 4) is 0 Å². The Bertz CT molecular complexity index is 502. The number of nitrogens with two attached hydrogens (primary N) is 1. The number of hydrogen-bond acceptors (Lipinski definition) is 3. The van der Waals surface area contributed by atoms with Gasteiger partial charge >= 0.3 is 0 Å². The molecule has 1 aliphatic heterocycles. The van der Waals surface area contributed by atoms with Gasteiger partial charge in [-0.05, 0) is 42.2 Å². The van der Waals surface area contributed by atoms with Crippen molar-refractivity contribution < 1.29 is 0 Å². The smallest absolute Gasteiger partial charge is 0.0290 e. The van der Waals surface area contributed by atoms with Gasteiger partial charge in [0.05, 0.1) is 0 Å². The van der Waals surface area contributed by atoms with Crippen molar-refractivity contribution in [1.29, 1.82) is 0 Å². The van der Waals surface area contributed by atoms with E-state index in [1.807, 2.05) is 36.3 Å². The van der Waals surface area contributed by atoms with E-state index in [-0.39, 0.29) is 6.04 Å². The zero-order valence-corrected chi connectivity index (χ0v) is 10.9. The lowest BCUT2D eigenvalue weighted by Crippen LogP contribution is -2.34. The van der Waals surface area contributed by atoms with Gasteiger partial charge in [-0.15, -0.1) is 11.8 Å². The lowest BCUT2D eigenvalue weighted by atomic mass is 10.0. The third kappa shape index (κ3) is 2.42. The van der Waals surface area contributed by atoms with Crippen molar-refractivity contribution in [1.82, 2.24) is 4.98 Å². The molecule has 92 valence electrons. The molecule has 0 amide bonds. The average molecular weight is 256 g/mol. The van der Waals surface area contributed by atoms with Crippen LogP contribution in [0.25, 0.3) is 0 Å². The Morgan fingerprint density at radius 3 is 2.78 bits per heavy atom. The molecular formula is C15H16N2S. The molecule has 1 aromatic carbocycles. The first kappa shape index (κ1) is 11.8. The first-order chi connectivity index (χ1) is 8.83. The van der Waals surface area contributed by atoms with Crippen LogP contribution in [0.2, 0.25) is 0 Å².